The smallest absolute Gasteiger partial charge is 0.308 e. The third kappa shape index (κ3) is 5.62. The molecule has 3 aromatic rings. The number of hydrazone groups is 1. The molecule has 1 amide bonds. The van der Waals surface area contributed by atoms with Crippen molar-refractivity contribution in [2.75, 3.05) is 5.75 Å². The van der Waals surface area contributed by atoms with Crippen LogP contribution in [-0.4, -0.2) is 28.8 Å². The number of hydrogen-bond donors (Lipinski definition) is 1. The average molecular weight is 464 g/mol. The number of nitrogens with zero attached hydrogens (tertiary/aromatic N) is 2. The van der Waals surface area contributed by atoms with Gasteiger partial charge in [0.1, 0.15) is 5.75 Å². The molecule has 9 heteroatoms. The second-order valence-electron chi connectivity index (χ2n) is 5.31. The fraction of sp³-hybridized carbons (Fsp3) is 0.111. The lowest BCUT2D eigenvalue weighted by Gasteiger charge is -2.05. The summed E-state index contributed by atoms with van der Waals surface area (Å²) in [5.41, 5.74) is 3.96. The molecule has 0 aliphatic rings. The molecule has 0 fully saturated rings. The summed E-state index contributed by atoms with van der Waals surface area (Å²) in [5, 5.41) is 3.94. The zero-order chi connectivity index (χ0) is 19.2. The molecule has 2 aromatic carbocycles. The summed E-state index contributed by atoms with van der Waals surface area (Å²) < 4.78 is 7.84. The van der Waals surface area contributed by atoms with E-state index in [1.165, 1.54) is 24.9 Å². The van der Waals surface area contributed by atoms with Crippen LogP contribution in [0.5, 0.6) is 5.75 Å². The van der Waals surface area contributed by atoms with Crippen molar-refractivity contribution in [3.8, 4) is 5.75 Å². The minimum atomic E-state index is -0.428. The number of halogens is 1. The Morgan fingerprint density at radius 3 is 2.93 bits per heavy atom. The molecular formula is C18H14BrN3O3S2. The molecule has 0 unspecified atom stereocenters. The summed E-state index contributed by atoms with van der Waals surface area (Å²) >= 11 is 6.26. The molecule has 0 bridgehead atoms. The number of thiazole rings is 1. The molecule has 0 spiro atoms. The summed E-state index contributed by atoms with van der Waals surface area (Å²) in [4.78, 5) is 27.6. The van der Waals surface area contributed by atoms with Crippen LogP contribution < -0.4 is 10.2 Å². The normalized spacial score (nSPS) is 11.0. The van der Waals surface area contributed by atoms with E-state index in [-0.39, 0.29) is 11.7 Å². The van der Waals surface area contributed by atoms with Gasteiger partial charge >= 0.3 is 5.97 Å². The number of aromatic nitrogens is 1. The minimum absolute atomic E-state index is 0.201. The van der Waals surface area contributed by atoms with E-state index in [9.17, 15) is 9.59 Å². The van der Waals surface area contributed by atoms with Crippen LogP contribution in [0.2, 0.25) is 0 Å². The monoisotopic (exact) mass is 463 g/mol. The van der Waals surface area contributed by atoms with E-state index < -0.39 is 5.97 Å². The topological polar surface area (TPSA) is 80.6 Å². The predicted octanol–water partition coefficient (Wildman–Crippen LogP) is 4.23. The van der Waals surface area contributed by atoms with Crippen molar-refractivity contribution < 1.29 is 14.3 Å². The van der Waals surface area contributed by atoms with E-state index in [2.05, 4.69) is 31.4 Å². The van der Waals surface area contributed by atoms with Gasteiger partial charge in [-0.25, -0.2) is 10.4 Å². The van der Waals surface area contributed by atoms with Crippen LogP contribution in [0, 0.1) is 0 Å². The van der Waals surface area contributed by atoms with Crippen molar-refractivity contribution in [3.63, 3.8) is 0 Å². The Hall–Kier alpha value is -2.23. The van der Waals surface area contributed by atoms with Gasteiger partial charge in [-0.15, -0.1) is 11.3 Å². The van der Waals surface area contributed by atoms with E-state index in [1.807, 2.05) is 24.3 Å². The summed E-state index contributed by atoms with van der Waals surface area (Å²) in [6.07, 6.45) is 1.43. The van der Waals surface area contributed by atoms with Gasteiger partial charge in [0.2, 0.25) is 0 Å². The van der Waals surface area contributed by atoms with E-state index in [0.717, 1.165) is 19.0 Å². The second kappa shape index (κ2) is 9.12. The van der Waals surface area contributed by atoms with Gasteiger partial charge in [0.05, 0.1) is 22.2 Å². The predicted molar refractivity (Wildman–Crippen MR) is 112 cm³/mol. The quantitative estimate of drug-likeness (QED) is 0.194. The van der Waals surface area contributed by atoms with Crippen LogP contribution in [-0.2, 0) is 9.59 Å². The average Bonchev–Trinajstić information content (AvgIpc) is 3.05. The first kappa shape index (κ1) is 19.5. The van der Waals surface area contributed by atoms with Crippen molar-refractivity contribution in [1.29, 1.82) is 0 Å². The molecule has 1 aromatic heterocycles. The van der Waals surface area contributed by atoms with Crippen molar-refractivity contribution in [2.24, 2.45) is 5.10 Å². The number of nitrogens with one attached hydrogen (secondary N) is 1. The molecule has 1 N–H and O–H groups in total. The molecule has 6 nitrogen and oxygen atoms in total. The van der Waals surface area contributed by atoms with E-state index in [0.29, 0.717) is 11.3 Å². The van der Waals surface area contributed by atoms with Crippen LogP contribution in [0.15, 0.2) is 56.4 Å². The first-order chi connectivity index (χ1) is 13.0. The maximum Gasteiger partial charge on any atom is 0.308 e. The highest BCUT2D eigenvalue weighted by molar-refractivity contribution is 9.10. The van der Waals surface area contributed by atoms with Crippen molar-refractivity contribution in [1.82, 2.24) is 10.4 Å². The molecule has 0 saturated carbocycles. The Balaban J connectivity index is 1.57. The molecule has 0 aliphatic carbocycles. The number of ether oxygens (including phenoxy) is 1. The Bertz CT molecular complexity index is 987. The third-order valence-corrected chi connectivity index (χ3v) is 5.89. The lowest BCUT2D eigenvalue weighted by atomic mass is 10.2. The van der Waals surface area contributed by atoms with Crippen LogP contribution in [0.3, 0.4) is 0 Å². The number of hydrogen-bond acceptors (Lipinski definition) is 7. The number of fused-ring (bicyclic) bond motifs is 1. The minimum Gasteiger partial charge on any atom is -0.426 e. The summed E-state index contributed by atoms with van der Waals surface area (Å²) in [5.74, 6) is -0.109. The number of esters is 1. The Labute approximate surface area is 172 Å². The van der Waals surface area contributed by atoms with Gasteiger partial charge in [0, 0.05) is 17.0 Å². The lowest BCUT2D eigenvalue weighted by molar-refractivity contribution is -0.131. The van der Waals surface area contributed by atoms with Crippen LogP contribution in [0.25, 0.3) is 10.2 Å². The van der Waals surface area contributed by atoms with Crippen molar-refractivity contribution in [2.45, 2.75) is 11.3 Å². The number of benzene rings is 2. The lowest BCUT2D eigenvalue weighted by Crippen LogP contribution is -2.19. The fourth-order valence-electron chi connectivity index (χ4n) is 2.11. The highest BCUT2D eigenvalue weighted by Crippen LogP contribution is 2.29. The maximum atomic E-state index is 12.0. The molecule has 3 rings (SSSR count). The number of thioether (sulfide) groups is 1. The first-order valence-electron chi connectivity index (χ1n) is 7.79. The van der Waals surface area contributed by atoms with Gasteiger partial charge in [-0.3, -0.25) is 9.59 Å². The molecule has 0 saturated heterocycles. The van der Waals surface area contributed by atoms with E-state index in [4.69, 9.17) is 4.74 Å². The Kier molecular flexibility index (Phi) is 6.59. The number of carbonyl (C=O) groups excluding carboxylic acids is 2. The summed E-state index contributed by atoms with van der Waals surface area (Å²) in [6, 6.07) is 13.0. The second-order valence-corrected chi connectivity index (χ2v) is 8.47. The Morgan fingerprint density at radius 2 is 2.15 bits per heavy atom. The molecule has 0 aliphatic heterocycles. The van der Waals surface area contributed by atoms with Crippen LogP contribution in [0.4, 0.5) is 0 Å². The molecule has 138 valence electrons. The van der Waals surface area contributed by atoms with Gasteiger partial charge in [-0.2, -0.15) is 5.10 Å². The number of amides is 1. The fourth-order valence-corrected chi connectivity index (χ4v) is 4.35. The standard InChI is InChI=1S/C18H14BrN3O3S2/c1-11(23)25-15-7-6-13(19)8-12(15)9-20-22-17(24)10-26-18-21-14-4-2-3-5-16(14)27-18/h2-9H,10H2,1H3,(H,22,24)/b20-9-. The zero-order valence-corrected chi connectivity index (χ0v) is 17.4. The maximum absolute atomic E-state index is 12.0. The van der Waals surface area contributed by atoms with Gasteiger partial charge in [-0.1, -0.05) is 39.8 Å². The molecule has 0 atom stereocenters. The summed E-state index contributed by atoms with van der Waals surface area (Å²) in [7, 11) is 0. The zero-order valence-electron chi connectivity index (χ0n) is 14.1. The highest BCUT2D eigenvalue weighted by atomic mass is 79.9. The van der Waals surface area contributed by atoms with Gasteiger partial charge in [0.15, 0.2) is 4.34 Å². The molecule has 1 heterocycles. The Morgan fingerprint density at radius 1 is 1.33 bits per heavy atom. The van der Waals surface area contributed by atoms with Gasteiger partial charge in [-0.05, 0) is 30.3 Å². The highest BCUT2D eigenvalue weighted by Gasteiger charge is 2.08. The number of rotatable bonds is 6. The number of carbonyl (C=O) groups is 2. The first-order valence-corrected chi connectivity index (χ1v) is 10.4. The SMILES string of the molecule is CC(=O)Oc1ccc(Br)cc1/C=N\NC(=O)CSc1nc2ccccc2s1. The molecule has 27 heavy (non-hydrogen) atoms. The summed E-state index contributed by atoms with van der Waals surface area (Å²) in [6.45, 7) is 1.32. The molecular weight excluding hydrogens is 450 g/mol. The van der Waals surface area contributed by atoms with Gasteiger partial charge < -0.3 is 4.74 Å². The van der Waals surface area contributed by atoms with Crippen molar-refractivity contribution in [3.05, 3.63) is 52.5 Å². The largest absolute Gasteiger partial charge is 0.426 e. The number of para-hydroxylation sites is 1. The van der Waals surface area contributed by atoms with E-state index >= 15 is 0 Å². The van der Waals surface area contributed by atoms with Crippen molar-refractivity contribution >= 4 is 67.3 Å². The van der Waals surface area contributed by atoms with Crippen LogP contribution in [0.1, 0.15) is 12.5 Å². The van der Waals surface area contributed by atoms with Crippen LogP contribution >= 0.6 is 39.0 Å². The van der Waals surface area contributed by atoms with E-state index in [1.54, 1.807) is 29.5 Å². The molecule has 0 radical (unpaired) electrons. The third-order valence-electron chi connectivity index (χ3n) is 3.22. The van der Waals surface area contributed by atoms with Gasteiger partial charge in [0.25, 0.3) is 5.91 Å².